The second-order valence-corrected chi connectivity index (χ2v) is 3.80. The van der Waals surface area contributed by atoms with Gasteiger partial charge in [-0.2, -0.15) is 12.6 Å². The number of hydrogen-bond donors (Lipinski definition) is 2. The SMILES string of the molecule is CCNCC(C)(C)S.Cl. The zero-order valence-corrected chi connectivity index (χ0v) is 7.98. The highest BCUT2D eigenvalue weighted by atomic mass is 35.5. The molecule has 0 amide bonds. The van der Waals surface area contributed by atoms with Crippen molar-refractivity contribution in [3.8, 4) is 0 Å². The van der Waals surface area contributed by atoms with Crippen molar-refractivity contribution in [3.63, 3.8) is 0 Å². The van der Waals surface area contributed by atoms with E-state index in [1.807, 2.05) is 0 Å². The normalized spacial score (nSPS) is 10.7. The molecule has 0 atom stereocenters. The number of nitrogens with one attached hydrogen (secondary N) is 1. The Balaban J connectivity index is 0. The Labute approximate surface area is 69.4 Å². The van der Waals surface area contributed by atoms with Crippen LogP contribution in [0.15, 0.2) is 0 Å². The predicted octanol–water partition coefficient (Wildman–Crippen LogP) is 1.73. The minimum Gasteiger partial charge on any atom is -0.316 e. The topological polar surface area (TPSA) is 12.0 Å². The molecule has 0 saturated heterocycles. The number of rotatable bonds is 3. The molecule has 1 N–H and O–H groups in total. The first-order valence-corrected chi connectivity index (χ1v) is 3.44. The van der Waals surface area contributed by atoms with Gasteiger partial charge in [-0.25, -0.2) is 0 Å². The third kappa shape index (κ3) is 11.9. The second kappa shape index (κ2) is 5.39. The zero-order chi connectivity index (χ0) is 6.62. The Kier molecular flexibility index (Phi) is 7.36. The van der Waals surface area contributed by atoms with Crippen LogP contribution >= 0.6 is 25.0 Å². The Morgan fingerprint density at radius 2 is 1.89 bits per heavy atom. The molecule has 0 unspecified atom stereocenters. The van der Waals surface area contributed by atoms with Crippen LogP contribution in [-0.4, -0.2) is 17.8 Å². The number of halogens is 1. The summed E-state index contributed by atoms with van der Waals surface area (Å²) >= 11 is 4.33. The van der Waals surface area contributed by atoms with Crippen molar-refractivity contribution in [2.75, 3.05) is 13.1 Å². The van der Waals surface area contributed by atoms with E-state index in [4.69, 9.17) is 0 Å². The molecule has 0 rings (SSSR count). The van der Waals surface area contributed by atoms with Crippen LogP contribution in [0.2, 0.25) is 0 Å². The Morgan fingerprint density at radius 1 is 1.44 bits per heavy atom. The number of hydrogen-bond acceptors (Lipinski definition) is 2. The molecule has 0 saturated carbocycles. The van der Waals surface area contributed by atoms with Crippen LogP contribution in [0.4, 0.5) is 0 Å². The molecule has 0 aliphatic heterocycles. The van der Waals surface area contributed by atoms with Gasteiger partial charge in [0.05, 0.1) is 0 Å². The molecule has 0 bridgehead atoms. The standard InChI is InChI=1S/C6H15NS.ClH/c1-4-7-5-6(2,3)8;/h7-8H,4-5H2,1-3H3;1H. The molecule has 0 aliphatic carbocycles. The summed E-state index contributed by atoms with van der Waals surface area (Å²) in [5, 5.41) is 3.21. The minimum absolute atomic E-state index is 0. The summed E-state index contributed by atoms with van der Waals surface area (Å²) < 4.78 is 0.135. The van der Waals surface area contributed by atoms with Gasteiger partial charge < -0.3 is 5.32 Å². The largest absolute Gasteiger partial charge is 0.316 e. The maximum Gasteiger partial charge on any atom is 0.0198 e. The quantitative estimate of drug-likeness (QED) is 0.614. The highest BCUT2D eigenvalue weighted by Crippen LogP contribution is 2.08. The molecule has 9 heavy (non-hydrogen) atoms. The van der Waals surface area contributed by atoms with E-state index in [0.29, 0.717) is 0 Å². The maximum absolute atomic E-state index is 4.33. The van der Waals surface area contributed by atoms with Gasteiger partial charge in [-0.15, -0.1) is 12.4 Å². The summed E-state index contributed by atoms with van der Waals surface area (Å²) in [6.45, 7) is 8.30. The monoisotopic (exact) mass is 169 g/mol. The van der Waals surface area contributed by atoms with E-state index in [1.54, 1.807) is 0 Å². The zero-order valence-electron chi connectivity index (χ0n) is 6.27. The molecule has 0 aromatic heterocycles. The van der Waals surface area contributed by atoms with Gasteiger partial charge >= 0.3 is 0 Å². The minimum atomic E-state index is 0. The average Bonchev–Trinajstić information content (AvgIpc) is 1.59. The molecule has 3 heteroatoms. The van der Waals surface area contributed by atoms with Crippen molar-refractivity contribution in [1.82, 2.24) is 5.32 Å². The lowest BCUT2D eigenvalue weighted by Gasteiger charge is -2.16. The summed E-state index contributed by atoms with van der Waals surface area (Å²) in [4.78, 5) is 0. The summed E-state index contributed by atoms with van der Waals surface area (Å²) in [6, 6.07) is 0. The van der Waals surface area contributed by atoms with Crippen molar-refractivity contribution in [2.24, 2.45) is 0 Å². The second-order valence-electron chi connectivity index (χ2n) is 2.59. The highest BCUT2D eigenvalue weighted by molar-refractivity contribution is 7.81. The van der Waals surface area contributed by atoms with E-state index in [-0.39, 0.29) is 17.2 Å². The van der Waals surface area contributed by atoms with Crippen molar-refractivity contribution >= 4 is 25.0 Å². The van der Waals surface area contributed by atoms with Crippen LogP contribution in [-0.2, 0) is 0 Å². The molecule has 0 aromatic carbocycles. The predicted molar refractivity (Wildman–Crippen MR) is 48.9 cm³/mol. The van der Waals surface area contributed by atoms with Crippen LogP contribution in [0.5, 0.6) is 0 Å². The van der Waals surface area contributed by atoms with Crippen LogP contribution in [0, 0.1) is 0 Å². The molecule has 0 aromatic rings. The van der Waals surface area contributed by atoms with Crippen molar-refractivity contribution in [3.05, 3.63) is 0 Å². The molecule has 0 spiro atoms. The van der Waals surface area contributed by atoms with E-state index in [9.17, 15) is 0 Å². The molecule has 0 aliphatic rings. The van der Waals surface area contributed by atoms with Gasteiger partial charge in [0.25, 0.3) is 0 Å². The molecule has 1 nitrogen and oxygen atoms in total. The fraction of sp³-hybridized carbons (Fsp3) is 1.00. The van der Waals surface area contributed by atoms with Crippen LogP contribution < -0.4 is 5.32 Å². The van der Waals surface area contributed by atoms with Gasteiger partial charge in [0.1, 0.15) is 0 Å². The first-order valence-electron chi connectivity index (χ1n) is 2.99. The molecule has 58 valence electrons. The van der Waals surface area contributed by atoms with E-state index in [1.165, 1.54) is 0 Å². The highest BCUT2D eigenvalue weighted by Gasteiger charge is 2.08. The molecular weight excluding hydrogens is 154 g/mol. The summed E-state index contributed by atoms with van der Waals surface area (Å²) in [5.74, 6) is 0. The van der Waals surface area contributed by atoms with Crippen LogP contribution in [0.25, 0.3) is 0 Å². The maximum atomic E-state index is 4.33. The molecule has 0 radical (unpaired) electrons. The Morgan fingerprint density at radius 3 is 2.00 bits per heavy atom. The van der Waals surface area contributed by atoms with Gasteiger partial charge in [-0.1, -0.05) is 6.92 Å². The average molecular weight is 170 g/mol. The van der Waals surface area contributed by atoms with Crippen molar-refractivity contribution in [2.45, 2.75) is 25.5 Å². The molecular formula is C6H16ClNS. The van der Waals surface area contributed by atoms with Gasteiger partial charge in [-0.05, 0) is 20.4 Å². The summed E-state index contributed by atoms with van der Waals surface area (Å²) in [5.41, 5.74) is 0. The van der Waals surface area contributed by atoms with Crippen LogP contribution in [0.3, 0.4) is 0 Å². The van der Waals surface area contributed by atoms with Gasteiger partial charge in [-0.3, -0.25) is 0 Å². The molecule has 0 fully saturated rings. The third-order valence-corrected chi connectivity index (χ3v) is 0.966. The van der Waals surface area contributed by atoms with Gasteiger partial charge in [0.2, 0.25) is 0 Å². The van der Waals surface area contributed by atoms with E-state index in [0.717, 1.165) is 13.1 Å². The lowest BCUT2D eigenvalue weighted by atomic mass is 10.2. The summed E-state index contributed by atoms with van der Waals surface area (Å²) in [7, 11) is 0. The molecule has 0 heterocycles. The lowest BCUT2D eigenvalue weighted by Crippen LogP contribution is -2.29. The van der Waals surface area contributed by atoms with Gasteiger partial charge in [0, 0.05) is 11.3 Å². The lowest BCUT2D eigenvalue weighted by molar-refractivity contribution is 0.611. The fourth-order valence-corrected chi connectivity index (χ4v) is 0.543. The Bertz CT molecular complexity index is 60.6. The van der Waals surface area contributed by atoms with E-state index in [2.05, 4.69) is 38.7 Å². The van der Waals surface area contributed by atoms with E-state index < -0.39 is 0 Å². The first-order chi connectivity index (χ1) is 3.56. The van der Waals surface area contributed by atoms with Crippen LogP contribution in [0.1, 0.15) is 20.8 Å². The Hall–Kier alpha value is 0.600. The van der Waals surface area contributed by atoms with Crippen molar-refractivity contribution < 1.29 is 0 Å². The first kappa shape index (κ1) is 12.3. The van der Waals surface area contributed by atoms with E-state index >= 15 is 0 Å². The fourth-order valence-electron chi connectivity index (χ4n) is 0.431. The smallest absolute Gasteiger partial charge is 0.0198 e. The third-order valence-electron chi connectivity index (χ3n) is 0.808. The van der Waals surface area contributed by atoms with Gasteiger partial charge in [0.15, 0.2) is 0 Å². The van der Waals surface area contributed by atoms with Crippen molar-refractivity contribution in [1.29, 1.82) is 0 Å². The summed E-state index contributed by atoms with van der Waals surface area (Å²) in [6.07, 6.45) is 0. The number of thiol groups is 1.